The summed E-state index contributed by atoms with van der Waals surface area (Å²) in [4.78, 5) is 38.4. The van der Waals surface area contributed by atoms with Gasteiger partial charge in [-0.3, -0.25) is 9.59 Å². The number of anilines is 1. The van der Waals surface area contributed by atoms with Gasteiger partial charge >= 0.3 is 6.09 Å². The molecule has 0 radical (unpaired) electrons. The predicted octanol–water partition coefficient (Wildman–Crippen LogP) is 2.11. The summed E-state index contributed by atoms with van der Waals surface area (Å²) in [5.41, 5.74) is 0. The van der Waals surface area contributed by atoms with Crippen LogP contribution < -0.4 is 10.6 Å². The molecule has 8 heteroatoms. The molecule has 1 aromatic heterocycles. The first-order chi connectivity index (χ1) is 9.47. The summed E-state index contributed by atoms with van der Waals surface area (Å²) in [6.45, 7) is 3.60. The lowest BCUT2D eigenvalue weighted by Crippen LogP contribution is -2.43. The topological polar surface area (TPSA) is 108 Å². The molecule has 1 atom stereocenters. The third-order valence-corrected chi connectivity index (χ3v) is 3.48. The van der Waals surface area contributed by atoms with Gasteiger partial charge in [-0.25, -0.2) is 9.78 Å². The number of nitrogens with zero attached hydrogens (tertiary/aromatic N) is 1. The summed E-state index contributed by atoms with van der Waals surface area (Å²) in [6, 6.07) is -0.827. The van der Waals surface area contributed by atoms with E-state index in [2.05, 4.69) is 15.6 Å². The second-order valence-electron chi connectivity index (χ2n) is 4.09. The first-order valence-electron chi connectivity index (χ1n) is 6.27. The maximum Gasteiger partial charge on any atom is 0.405 e. The predicted molar refractivity (Wildman–Crippen MR) is 75.2 cm³/mol. The van der Waals surface area contributed by atoms with E-state index in [4.69, 9.17) is 5.11 Å². The molecule has 1 aromatic rings. The highest BCUT2D eigenvalue weighted by atomic mass is 32.1. The standard InChI is InChI=1S/C12H17N3O4S/c1-3-5-7(14-12(18)19)10(17)15-11-13-6-9(20-11)8(16)4-2/h6-7,14H,3-5H2,1-2H3,(H,18,19)(H,13,15,17). The highest BCUT2D eigenvalue weighted by Gasteiger charge is 2.21. The largest absolute Gasteiger partial charge is 0.465 e. The number of nitrogens with one attached hydrogen (secondary N) is 2. The van der Waals surface area contributed by atoms with Gasteiger partial charge in [0.25, 0.3) is 0 Å². The molecule has 0 aliphatic rings. The van der Waals surface area contributed by atoms with Crippen molar-refractivity contribution >= 4 is 34.3 Å². The van der Waals surface area contributed by atoms with Crippen molar-refractivity contribution in [3.63, 3.8) is 0 Å². The summed E-state index contributed by atoms with van der Waals surface area (Å²) in [7, 11) is 0. The second-order valence-corrected chi connectivity index (χ2v) is 5.12. The van der Waals surface area contributed by atoms with E-state index in [-0.39, 0.29) is 5.78 Å². The minimum atomic E-state index is -1.25. The number of Topliss-reactive ketones (excluding diaryl/α,β-unsaturated/α-hetero) is 1. The van der Waals surface area contributed by atoms with E-state index < -0.39 is 18.0 Å². The lowest BCUT2D eigenvalue weighted by Gasteiger charge is -2.14. The van der Waals surface area contributed by atoms with Gasteiger partial charge in [-0.2, -0.15) is 0 Å². The minimum absolute atomic E-state index is 0.0447. The second kappa shape index (κ2) is 7.59. The molecular weight excluding hydrogens is 282 g/mol. The smallest absolute Gasteiger partial charge is 0.405 e. The van der Waals surface area contributed by atoms with Gasteiger partial charge < -0.3 is 15.7 Å². The zero-order chi connectivity index (χ0) is 15.1. The van der Waals surface area contributed by atoms with Crippen molar-refractivity contribution in [3.05, 3.63) is 11.1 Å². The first kappa shape index (κ1) is 16.1. The van der Waals surface area contributed by atoms with Crippen molar-refractivity contribution in [3.8, 4) is 0 Å². The Morgan fingerprint density at radius 1 is 1.40 bits per heavy atom. The Hall–Kier alpha value is -1.96. The zero-order valence-electron chi connectivity index (χ0n) is 11.3. The van der Waals surface area contributed by atoms with Gasteiger partial charge in [0, 0.05) is 6.42 Å². The summed E-state index contributed by atoms with van der Waals surface area (Å²) in [5.74, 6) is -0.518. The molecule has 2 amide bonds. The van der Waals surface area contributed by atoms with Crippen molar-refractivity contribution in [1.82, 2.24) is 10.3 Å². The molecule has 0 aromatic carbocycles. The summed E-state index contributed by atoms with van der Waals surface area (Å²) in [5, 5.41) is 13.7. The van der Waals surface area contributed by atoms with Crippen molar-refractivity contribution in [2.24, 2.45) is 0 Å². The van der Waals surface area contributed by atoms with Crippen LogP contribution in [0.4, 0.5) is 9.93 Å². The molecular formula is C12H17N3O4S. The molecule has 0 saturated carbocycles. The SMILES string of the molecule is CCCC(NC(=O)O)C(=O)Nc1ncc(C(=O)CC)s1. The Morgan fingerprint density at radius 2 is 2.10 bits per heavy atom. The molecule has 0 fully saturated rings. The van der Waals surface area contributed by atoms with E-state index in [1.165, 1.54) is 6.20 Å². The summed E-state index contributed by atoms with van der Waals surface area (Å²) >= 11 is 1.08. The van der Waals surface area contributed by atoms with Crippen LogP contribution in [0.2, 0.25) is 0 Å². The van der Waals surface area contributed by atoms with Crippen LogP contribution in [0.15, 0.2) is 6.20 Å². The molecule has 0 bridgehead atoms. The highest BCUT2D eigenvalue weighted by Crippen LogP contribution is 2.19. The molecule has 7 nitrogen and oxygen atoms in total. The van der Waals surface area contributed by atoms with E-state index in [1.54, 1.807) is 6.92 Å². The van der Waals surface area contributed by atoms with Gasteiger partial charge in [-0.1, -0.05) is 31.6 Å². The molecule has 20 heavy (non-hydrogen) atoms. The van der Waals surface area contributed by atoms with E-state index in [9.17, 15) is 14.4 Å². The normalized spacial score (nSPS) is 11.7. The van der Waals surface area contributed by atoms with E-state index in [0.717, 1.165) is 11.3 Å². The number of carbonyl (C=O) groups is 3. The molecule has 0 saturated heterocycles. The number of ketones is 1. The molecule has 1 rings (SSSR count). The number of amides is 2. The number of hydrogen-bond acceptors (Lipinski definition) is 5. The molecule has 3 N–H and O–H groups in total. The quantitative estimate of drug-likeness (QED) is 0.668. The van der Waals surface area contributed by atoms with Gasteiger partial charge in [0.05, 0.1) is 11.1 Å². The number of carbonyl (C=O) groups excluding carboxylic acids is 2. The van der Waals surface area contributed by atoms with Crippen LogP contribution in [-0.2, 0) is 4.79 Å². The van der Waals surface area contributed by atoms with Crippen LogP contribution in [0.1, 0.15) is 42.8 Å². The Bertz CT molecular complexity index is 501. The van der Waals surface area contributed by atoms with Crippen LogP contribution in [0.5, 0.6) is 0 Å². The summed E-state index contributed by atoms with van der Waals surface area (Å²) in [6.07, 6.45) is 1.58. The minimum Gasteiger partial charge on any atom is -0.465 e. The van der Waals surface area contributed by atoms with Gasteiger partial charge in [0.2, 0.25) is 5.91 Å². The van der Waals surface area contributed by atoms with Crippen molar-refractivity contribution in [2.75, 3.05) is 5.32 Å². The Morgan fingerprint density at radius 3 is 2.65 bits per heavy atom. The fraction of sp³-hybridized carbons (Fsp3) is 0.500. The molecule has 1 unspecified atom stereocenters. The Labute approximate surface area is 120 Å². The fourth-order valence-corrected chi connectivity index (χ4v) is 2.36. The third kappa shape index (κ3) is 4.61. The number of rotatable bonds is 7. The van der Waals surface area contributed by atoms with Crippen LogP contribution in [-0.4, -0.2) is 33.9 Å². The monoisotopic (exact) mass is 299 g/mol. The third-order valence-electron chi connectivity index (χ3n) is 2.52. The molecule has 0 aliphatic heterocycles. The van der Waals surface area contributed by atoms with Crippen molar-refractivity contribution in [1.29, 1.82) is 0 Å². The molecule has 1 heterocycles. The molecule has 0 aliphatic carbocycles. The van der Waals surface area contributed by atoms with Crippen LogP contribution in [0.25, 0.3) is 0 Å². The van der Waals surface area contributed by atoms with E-state index in [1.807, 2.05) is 6.92 Å². The fourth-order valence-electron chi connectivity index (χ4n) is 1.53. The van der Waals surface area contributed by atoms with Crippen LogP contribution >= 0.6 is 11.3 Å². The van der Waals surface area contributed by atoms with Crippen molar-refractivity contribution in [2.45, 2.75) is 39.2 Å². The number of aromatic nitrogens is 1. The van der Waals surface area contributed by atoms with Gasteiger partial charge in [-0.15, -0.1) is 0 Å². The van der Waals surface area contributed by atoms with Gasteiger partial charge in [-0.05, 0) is 6.42 Å². The summed E-state index contributed by atoms with van der Waals surface area (Å²) < 4.78 is 0. The number of carboxylic acid groups (broad SMARTS) is 1. The maximum absolute atomic E-state index is 11.9. The van der Waals surface area contributed by atoms with Gasteiger partial charge in [0.1, 0.15) is 6.04 Å². The number of thiazole rings is 1. The molecule has 0 spiro atoms. The zero-order valence-corrected chi connectivity index (χ0v) is 12.1. The van der Waals surface area contributed by atoms with Crippen molar-refractivity contribution < 1.29 is 19.5 Å². The van der Waals surface area contributed by atoms with E-state index in [0.29, 0.717) is 29.3 Å². The van der Waals surface area contributed by atoms with Gasteiger partial charge in [0.15, 0.2) is 10.9 Å². The van der Waals surface area contributed by atoms with Crippen LogP contribution in [0, 0.1) is 0 Å². The molecule has 110 valence electrons. The lowest BCUT2D eigenvalue weighted by atomic mass is 10.1. The lowest BCUT2D eigenvalue weighted by molar-refractivity contribution is -0.118. The first-order valence-corrected chi connectivity index (χ1v) is 7.08. The Kier molecular flexibility index (Phi) is 6.10. The average molecular weight is 299 g/mol. The van der Waals surface area contributed by atoms with E-state index >= 15 is 0 Å². The average Bonchev–Trinajstić information content (AvgIpc) is 2.85. The maximum atomic E-state index is 11.9. The Balaban J connectivity index is 2.69. The highest BCUT2D eigenvalue weighted by molar-refractivity contribution is 7.17. The van der Waals surface area contributed by atoms with Crippen LogP contribution in [0.3, 0.4) is 0 Å². The number of hydrogen-bond donors (Lipinski definition) is 3.